The average molecular weight is 212 g/mol. The first-order valence-electron chi connectivity index (χ1n) is 5.69. The molecule has 1 rings (SSSR count). The molecule has 0 spiro atoms. The van der Waals surface area contributed by atoms with Gasteiger partial charge in [0.2, 0.25) is 0 Å². The lowest BCUT2D eigenvalue weighted by molar-refractivity contribution is -0.269. The standard InChI is InChI=1S/C12H20O3/c1-10(2)12(13)15-14-9-8-11-6-4-3-5-7-11/h11H,1,3-9H2,2H3. The van der Waals surface area contributed by atoms with Crippen LogP contribution in [0.2, 0.25) is 0 Å². The van der Waals surface area contributed by atoms with E-state index in [0.717, 1.165) is 12.3 Å². The Bertz CT molecular complexity index is 217. The van der Waals surface area contributed by atoms with Gasteiger partial charge in [-0.1, -0.05) is 38.7 Å². The molecule has 3 nitrogen and oxygen atoms in total. The van der Waals surface area contributed by atoms with E-state index >= 15 is 0 Å². The van der Waals surface area contributed by atoms with E-state index in [9.17, 15) is 4.79 Å². The van der Waals surface area contributed by atoms with Crippen LogP contribution < -0.4 is 0 Å². The van der Waals surface area contributed by atoms with Crippen LogP contribution in [-0.2, 0) is 14.6 Å². The van der Waals surface area contributed by atoms with Crippen LogP contribution in [0.1, 0.15) is 45.4 Å². The summed E-state index contributed by atoms with van der Waals surface area (Å²) in [6.07, 6.45) is 7.59. The van der Waals surface area contributed by atoms with Crippen molar-refractivity contribution in [3.8, 4) is 0 Å². The Hall–Kier alpha value is -0.830. The summed E-state index contributed by atoms with van der Waals surface area (Å²) < 4.78 is 0. The SMILES string of the molecule is C=C(C)C(=O)OOCCC1CCCCC1. The molecule has 0 unspecified atom stereocenters. The molecule has 0 radical (unpaired) electrons. The highest BCUT2D eigenvalue weighted by Gasteiger charge is 2.13. The Morgan fingerprint density at radius 3 is 2.60 bits per heavy atom. The number of carbonyl (C=O) groups is 1. The van der Waals surface area contributed by atoms with Gasteiger partial charge in [-0.25, -0.2) is 4.79 Å². The summed E-state index contributed by atoms with van der Waals surface area (Å²) in [7, 11) is 0. The van der Waals surface area contributed by atoms with Crippen molar-refractivity contribution in [2.75, 3.05) is 6.61 Å². The quantitative estimate of drug-likeness (QED) is 0.304. The Kier molecular flexibility index (Phi) is 5.40. The highest BCUT2D eigenvalue weighted by atomic mass is 17.2. The Balaban J connectivity index is 2.01. The van der Waals surface area contributed by atoms with Crippen LogP contribution in [0.4, 0.5) is 0 Å². The molecule has 3 heteroatoms. The smallest absolute Gasteiger partial charge is 0.293 e. The van der Waals surface area contributed by atoms with E-state index < -0.39 is 5.97 Å². The van der Waals surface area contributed by atoms with Crippen molar-refractivity contribution in [3.63, 3.8) is 0 Å². The molecule has 0 aromatic carbocycles. The van der Waals surface area contributed by atoms with Gasteiger partial charge in [0.05, 0.1) is 6.61 Å². The molecule has 1 aliphatic rings. The first-order valence-corrected chi connectivity index (χ1v) is 5.69. The zero-order valence-electron chi connectivity index (χ0n) is 9.46. The lowest BCUT2D eigenvalue weighted by Crippen LogP contribution is -2.12. The summed E-state index contributed by atoms with van der Waals surface area (Å²) in [6, 6.07) is 0. The second-order valence-electron chi connectivity index (χ2n) is 4.27. The van der Waals surface area contributed by atoms with Crippen LogP contribution in [0.25, 0.3) is 0 Å². The molecule has 1 fully saturated rings. The summed E-state index contributed by atoms with van der Waals surface area (Å²) in [5.41, 5.74) is 0.368. The number of rotatable bonds is 5. The van der Waals surface area contributed by atoms with Gasteiger partial charge in [0.1, 0.15) is 0 Å². The van der Waals surface area contributed by atoms with Gasteiger partial charge >= 0.3 is 5.97 Å². The van der Waals surface area contributed by atoms with Crippen molar-refractivity contribution in [1.29, 1.82) is 0 Å². The predicted molar refractivity (Wildman–Crippen MR) is 58.1 cm³/mol. The summed E-state index contributed by atoms with van der Waals surface area (Å²) in [4.78, 5) is 20.4. The van der Waals surface area contributed by atoms with E-state index in [1.54, 1.807) is 6.92 Å². The minimum atomic E-state index is -0.473. The first-order chi connectivity index (χ1) is 7.20. The fourth-order valence-electron chi connectivity index (χ4n) is 1.86. The van der Waals surface area contributed by atoms with Crippen LogP contribution >= 0.6 is 0 Å². The molecule has 0 amide bonds. The van der Waals surface area contributed by atoms with Crippen LogP contribution in [0.5, 0.6) is 0 Å². The molecule has 0 bridgehead atoms. The van der Waals surface area contributed by atoms with Crippen LogP contribution in [0.15, 0.2) is 12.2 Å². The molecule has 0 N–H and O–H groups in total. The third-order valence-corrected chi connectivity index (χ3v) is 2.82. The molecule has 15 heavy (non-hydrogen) atoms. The first kappa shape index (κ1) is 12.2. The second kappa shape index (κ2) is 6.62. The fourth-order valence-corrected chi connectivity index (χ4v) is 1.86. The molecule has 1 saturated carbocycles. The Morgan fingerprint density at radius 2 is 2.00 bits per heavy atom. The van der Waals surface area contributed by atoms with Crippen molar-refractivity contribution in [1.82, 2.24) is 0 Å². The van der Waals surface area contributed by atoms with Gasteiger partial charge in [-0.2, -0.15) is 4.89 Å². The van der Waals surface area contributed by atoms with E-state index in [-0.39, 0.29) is 0 Å². The van der Waals surface area contributed by atoms with Gasteiger partial charge in [-0.3, -0.25) is 4.89 Å². The van der Waals surface area contributed by atoms with Gasteiger partial charge in [0.25, 0.3) is 0 Å². The minimum absolute atomic E-state index is 0.368. The Morgan fingerprint density at radius 1 is 1.33 bits per heavy atom. The number of hydrogen-bond acceptors (Lipinski definition) is 3. The van der Waals surface area contributed by atoms with E-state index in [0.29, 0.717) is 12.2 Å². The van der Waals surface area contributed by atoms with Crippen molar-refractivity contribution < 1.29 is 14.6 Å². The molecular formula is C12H20O3. The maximum Gasteiger partial charge on any atom is 0.368 e. The highest BCUT2D eigenvalue weighted by molar-refractivity contribution is 5.86. The zero-order valence-corrected chi connectivity index (χ0v) is 9.46. The Labute approximate surface area is 91.4 Å². The van der Waals surface area contributed by atoms with Crippen molar-refractivity contribution in [2.45, 2.75) is 45.4 Å². The lowest BCUT2D eigenvalue weighted by Gasteiger charge is -2.20. The largest absolute Gasteiger partial charge is 0.368 e. The molecule has 0 aromatic heterocycles. The van der Waals surface area contributed by atoms with Gasteiger partial charge in [-0.15, -0.1) is 0 Å². The molecule has 0 saturated heterocycles. The fraction of sp³-hybridized carbons (Fsp3) is 0.750. The molecule has 0 aliphatic heterocycles. The summed E-state index contributed by atoms with van der Waals surface area (Å²) in [5, 5.41) is 0. The molecule has 0 atom stereocenters. The van der Waals surface area contributed by atoms with Gasteiger partial charge < -0.3 is 0 Å². The molecule has 0 heterocycles. The van der Waals surface area contributed by atoms with E-state index in [1.807, 2.05) is 0 Å². The maximum atomic E-state index is 10.9. The molecule has 86 valence electrons. The lowest BCUT2D eigenvalue weighted by atomic mass is 9.87. The predicted octanol–water partition coefficient (Wildman–Crippen LogP) is 3.01. The van der Waals surface area contributed by atoms with Gasteiger partial charge in [0.15, 0.2) is 0 Å². The minimum Gasteiger partial charge on any atom is -0.293 e. The summed E-state index contributed by atoms with van der Waals surface area (Å²) >= 11 is 0. The van der Waals surface area contributed by atoms with Crippen molar-refractivity contribution >= 4 is 5.97 Å². The van der Waals surface area contributed by atoms with E-state index in [2.05, 4.69) is 11.5 Å². The van der Waals surface area contributed by atoms with Crippen LogP contribution in [0, 0.1) is 5.92 Å². The summed E-state index contributed by atoms with van der Waals surface area (Å²) in [5.74, 6) is 0.279. The van der Waals surface area contributed by atoms with Gasteiger partial charge in [0, 0.05) is 5.57 Å². The van der Waals surface area contributed by atoms with Crippen LogP contribution in [-0.4, -0.2) is 12.6 Å². The topological polar surface area (TPSA) is 35.5 Å². The summed E-state index contributed by atoms with van der Waals surface area (Å²) in [6.45, 7) is 5.58. The van der Waals surface area contributed by atoms with E-state index in [1.165, 1.54) is 32.1 Å². The zero-order chi connectivity index (χ0) is 11.1. The molecule has 0 aromatic rings. The molecular weight excluding hydrogens is 192 g/mol. The number of hydrogen-bond donors (Lipinski definition) is 0. The third kappa shape index (κ3) is 4.98. The highest BCUT2D eigenvalue weighted by Crippen LogP contribution is 2.26. The monoisotopic (exact) mass is 212 g/mol. The second-order valence-corrected chi connectivity index (χ2v) is 4.27. The van der Waals surface area contributed by atoms with E-state index in [4.69, 9.17) is 4.89 Å². The van der Waals surface area contributed by atoms with Crippen molar-refractivity contribution in [3.05, 3.63) is 12.2 Å². The number of carbonyl (C=O) groups excluding carboxylic acids is 1. The molecule has 1 aliphatic carbocycles. The van der Waals surface area contributed by atoms with Crippen LogP contribution in [0.3, 0.4) is 0 Å². The van der Waals surface area contributed by atoms with Crippen molar-refractivity contribution in [2.24, 2.45) is 5.92 Å². The normalized spacial score (nSPS) is 17.4. The maximum absolute atomic E-state index is 10.9. The third-order valence-electron chi connectivity index (χ3n) is 2.82. The average Bonchev–Trinajstić information content (AvgIpc) is 2.25. The van der Waals surface area contributed by atoms with Gasteiger partial charge in [-0.05, 0) is 19.3 Å².